The number of nitrogens with zero attached hydrogens (tertiary/aromatic N) is 3. The summed E-state index contributed by atoms with van der Waals surface area (Å²) in [5, 5.41) is 4.62. The number of halogens is 1. The van der Waals surface area contributed by atoms with Crippen molar-refractivity contribution in [3.63, 3.8) is 0 Å². The number of hydrogen-bond donors (Lipinski definition) is 1. The minimum atomic E-state index is -1.02. The molecule has 1 aromatic heterocycles. The topological polar surface area (TPSA) is 99.7 Å². The van der Waals surface area contributed by atoms with E-state index in [0.29, 0.717) is 23.0 Å². The summed E-state index contributed by atoms with van der Waals surface area (Å²) in [6, 6.07) is 8.51. The van der Waals surface area contributed by atoms with E-state index in [4.69, 9.17) is 26.8 Å². The third-order valence-corrected chi connectivity index (χ3v) is 4.64. The van der Waals surface area contributed by atoms with E-state index < -0.39 is 11.5 Å². The number of benzene rings is 1. The van der Waals surface area contributed by atoms with Crippen molar-refractivity contribution in [1.29, 1.82) is 0 Å². The van der Waals surface area contributed by atoms with E-state index in [9.17, 15) is 9.59 Å². The molecule has 8 nitrogen and oxygen atoms in total. The van der Waals surface area contributed by atoms with Gasteiger partial charge in [-0.15, -0.1) is 0 Å². The minimum Gasteiger partial charge on any atom is -0.490 e. The third-order valence-electron chi connectivity index (χ3n) is 4.39. The summed E-state index contributed by atoms with van der Waals surface area (Å²) < 4.78 is 13.2. The maximum atomic E-state index is 12.8. The van der Waals surface area contributed by atoms with Gasteiger partial charge in [0.2, 0.25) is 5.91 Å². The molecule has 2 N–H and O–H groups in total. The highest BCUT2D eigenvalue weighted by Gasteiger charge is 2.41. The Labute approximate surface area is 161 Å². The van der Waals surface area contributed by atoms with E-state index in [1.54, 1.807) is 48.5 Å². The Morgan fingerprint density at radius 1 is 1.33 bits per heavy atom. The van der Waals surface area contributed by atoms with Gasteiger partial charge in [-0.05, 0) is 30.3 Å². The first-order valence-electron chi connectivity index (χ1n) is 8.46. The molecule has 0 unspecified atom stereocenters. The molecule has 1 fully saturated rings. The van der Waals surface area contributed by atoms with Gasteiger partial charge in [-0.1, -0.05) is 11.6 Å². The highest BCUT2D eigenvalue weighted by atomic mass is 35.5. The molecule has 1 atom stereocenters. The van der Waals surface area contributed by atoms with E-state index in [0.717, 1.165) is 0 Å². The largest absolute Gasteiger partial charge is 0.490 e. The van der Waals surface area contributed by atoms with Crippen LogP contribution < -0.4 is 10.5 Å². The fourth-order valence-electron chi connectivity index (χ4n) is 3.07. The minimum absolute atomic E-state index is 0.0598. The summed E-state index contributed by atoms with van der Waals surface area (Å²) in [6.45, 7) is 0.951. The number of carbonyl (C=O) groups is 2. The van der Waals surface area contributed by atoms with Crippen LogP contribution in [-0.4, -0.2) is 58.4 Å². The van der Waals surface area contributed by atoms with Crippen LogP contribution in [-0.2, 0) is 16.6 Å². The summed E-state index contributed by atoms with van der Waals surface area (Å²) in [4.78, 5) is 26.1. The Hall–Kier alpha value is -2.58. The van der Waals surface area contributed by atoms with Gasteiger partial charge in [0.1, 0.15) is 23.7 Å². The first kappa shape index (κ1) is 19.2. The van der Waals surface area contributed by atoms with Gasteiger partial charge < -0.3 is 20.1 Å². The number of nitrogens with two attached hydrogens (primary N) is 1. The molecule has 1 aliphatic heterocycles. The zero-order chi connectivity index (χ0) is 19.4. The van der Waals surface area contributed by atoms with Crippen LogP contribution in [0.15, 0.2) is 36.5 Å². The highest BCUT2D eigenvalue weighted by molar-refractivity contribution is 6.30. The summed E-state index contributed by atoms with van der Waals surface area (Å²) in [5.41, 5.74) is 4.87. The van der Waals surface area contributed by atoms with Crippen LogP contribution in [0.5, 0.6) is 5.75 Å². The van der Waals surface area contributed by atoms with Gasteiger partial charge in [-0.3, -0.25) is 14.3 Å². The van der Waals surface area contributed by atoms with Crippen LogP contribution in [0.25, 0.3) is 0 Å². The number of ether oxygens (including phenoxy) is 2. The Kier molecular flexibility index (Phi) is 5.67. The van der Waals surface area contributed by atoms with Crippen molar-refractivity contribution in [2.24, 2.45) is 12.8 Å². The molecule has 2 heterocycles. The second kappa shape index (κ2) is 7.98. The summed E-state index contributed by atoms with van der Waals surface area (Å²) in [6.07, 6.45) is 1.50. The molecule has 3 rings (SSSR count). The molecular formula is C18H21ClN4O4. The highest BCUT2D eigenvalue weighted by Crippen LogP contribution is 2.25. The van der Waals surface area contributed by atoms with E-state index in [1.165, 1.54) is 4.68 Å². The van der Waals surface area contributed by atoms with E-state index >= 15 is 0 Å². The lowest BCUT2D eigenvalue weighted by Crippen LogP contribution is -2.58. The molecule has 0 radical (unpaired) electrons. The van der Waals surface area contributed by atoms with Gasteiger partial charge in [0.05, 0.1) is 19.6 Å². The number of aromatic nitrogens is 2. The Balaban J connectivity index is 1.76. The van der Waals surface area contributed by atoms with Crippen molar-refractivity contribution in [2.45, 2.75) is 12.0 Å². The smallest absolute Gasteiger partial charge is 0.272 e. The van der Waals surface area contributed by atoms with Crippen LogP contribution >= 0.6 is 11.6 Å². The zero-order valence-corrected chi connectivity index (χ0v) is 15.7. The molecule has 1 aromatic carbocycles. The van der Waals surface area contributed by atoms with Crippen molar-refractivity contribution in [1.82, 2.24) is 14.7 Å². The van der Waals surface area contributed by atoms with Crippen LogP contribution in [0.3, 0.4) is 0 Å². The number of primary amides is 1. The number of hydrogen-bond acceptors (Lipinski definition) is 5. The number of aryl methyl sites for hydroxylation is 1. The van der Waals surface area contributed by atoms with Crippen LogP contribution in [0.4, 0.5) is 0 Å². The van der Waals surface area contributed by atoms with Gasteiger partial charge in [0, 0.05) is 24.8 Å². The Morgan fingerprint density at radius 2 is 2.07 bits per heavy atom. The maximum Gasteiger partial charge on any atom is 0.272 e. The lowest BCUT2D eigenvalue weighted by molar-refractivity contribution is -0.142. The molecule has 2 amide bonds. The average Bonchev–Trinajstić information content (AvgIpc) is 3.06. The molecule has 0 bridgehead atoms. The first-order valence-corrected chi connectivity index (χ1v) is 8.84. The summed E-state index contributed by atoms with van der Waals surface area (Å²) in [5.74, 6) is -0.120. The van der Waals surface area contributed by atoms with Crippen LogP contribution in [0, 0.1) is 0 Å². The zero-order valence-electron chi connectivity index (χ0n) is 14.9. The average molecular weight is 393 g/mol. The second-order valence-corrected chi connectivity index (χ2v) is 6.92. The van der Waals surface area contributed by atoms with Crippen molar-refractivity contribution in [2.75, 3.05) is 26.3 Å². The van der Waals surface area contributed by atoms with Gasteiger partial charge in [-0.2, -0.15) is 5.10 Å². The van der Waals surface area contributed by atoms with Gasteiger partial charge in [-0.25, -0.2) is 0 Å². The van der Waals surface area contributed by atoms with Crippen molar-refractivity contribution in [3.05, 3.63) is 47.2 Å². The quantitative estimate of drug-likeness (QED) is 0.797. The fourth-order valence-corrected chi connectivity index (χ4v) is 3.20. The molecule has 0 spiro atoms. The number of amides is 2. The molecule has 1 aliphatic rings. The summed E-state index contributed by atoms with van der Waals surface area (Å²) >= 11 is 5.88. The van der Waals surface area contributed by atoms with Crippen molar-refractivity contribution < 1.29 is 19.1 Å². The standard InChI is InChI=1S/C18H21ClN4O4/c1-22-15(6-7-21-22)17(25)23-8-9-27-18(11-23,10-16(20)24)12-26-14-4-2-13(19)3-5-14/h2-7H,8-12H2,1H3,(H2,20,24)/t18-/m0/s1. The Bertz CT molecular complexity index is 823. The van der Waals surface area contributed by atoms with E-state index in [-0.39, 0.29) is 32.1 Å². The number of carbonyl (C=O) groups excluding carboxylic acids is 2. The van der Waals surface area contributed by atoms with Gasteiger partial charge >= 0.3 is 0 Å². The molecule has 2 aromatic rings. The summed E-state index contributed by atoms with van der Waals surface area (Å²) in [7, 11) is 1.70. The van der Waals surface area contributed by atoms with E-state index in [1.807, 2.05) is 0 Å². The predicted octanol–water partition coefficient (Wildman–Crippen LogP) is 1.24. The lowest BCUT2D eigenvalue weighted by atomic mass is 9.97. The lowest BCUT2D eigenvalue weighted by Gasteiger charge is -2.41. The van der Waals surface area contributed by atoms with Crippen LogP contribution in [0.2, 0.25) is 5.02 Å². The molecule has 144 valence electrons. The first-order chi connectivity index (χ1) is 12.9. The van der Waals surface area contributed by atoms with Crippen molar-refractivity contribution in [3.8, 4) is 5.75 Å². The molecule has 27 heavy (non-hydrogen) atoms. The monoisotopic (exact) mass is 392 g/mol. The maximum absolute atomic E-state index is 12.8. The van der Waals surface area contributed by atoms with Crippen LogP contribution in [0.1, 0.15) is 16.9 Å². The molecular weight excluding hydrogens is 372 g/mol. The van der Waals surface area contributed by atoms with Crippen molar-refractivity contribution >= 4 is 23.4 Å². The number of morpholine rings is 1. The predicted molar refractivity (Wildman–Crippen MR) is 98.6 cm³/mol. The molecule has 0 aliphatic carbocycles. The Morgan fingerprint density at radius 3 is 2.70 bits per heavy atom. The third kappa shape index (κ3) is 4.58. The number of rotatable bonds is 6. The SMILES string of the molecule is Cn1nccc1C(=O)N1CCO[C@@](COc2ccc(Cl)cc2)(CC(N)=O)C1. The second-order valence-electron chi connectivity index (χ2n) is 6.48. The van der Waals surface area contributed by atoms with E-state index in [2.05, 4.69) is 5.10 Å². The van der Waals surface area contributed by atoms with Gasteiger partial charge in [0.15, 0.2) is 0 Å². The molecule has 9 heteroatoms. The van der Waals surface area contributed by atoms with Gasteiger partial charge in [0.25, 0.3) is 5.91 Å². The molecule has 1 saturated heterocycles. The fraction of sp³-hybridized carbons (Fsp3) is 0.389. The molecule has 0 saturated carbocycles. The normalized spacial score (nSPS) is 19.7.